The van der Waals surface area contributed by atoms with E-state index >= 15 is 0 Å². The number of aliphatic hydroxyl groups excluding tert-OH is 1. The summed E-state index contributed by atoms with van der Waals surface area (Å²) in [7, 11) is 0. The molecule has 10 heteroatoms. The molecule has 0 unspecified atom stereocenters. The first kappa shape index (κ1) is 24.7. The molecular weight excluding hydrogens is 494 g/mol. The highest BCUT2D eigenvalue weighted by Gasteiger charge is 2.26. The van der Waals surface area contributed by atoms with Gasteiger partial charge in [0.25, 0.3) is 5.91 Å². The molecule has 2 N–H and O–H groups in total. The third-order valence-corrected chi connectivity index (χ3v) is 7.05. The number of nitrogens with zero attached hydrogens (tertiary/aromatic N) is 6. The molecule has 1 aromatic heterocycles. The van der Waals surface area contributed by atoms with E-state index in [0.29, 0.717) is 16.8 Å². The van der Waals surface area contributed by atoms with Gasteiger partial charge in [-0.3, -0.25) is 14.2 Å². The van der Waals surface area contributed by atoms with E-state index in [9.17, 15) is 14.7 Å². The Bertz CT molecular complexity index is 1580. The van der Waals surface area contributed by atoms with Crippen LogP contribution >= 0.6 is 0 Å². The fourth-order valence-corrected chi connectivity index (χ4v) is 4.60. The first-order valence-electron chi connectivity index (χ1n) is 13.1. The number of fused-ring (bicyclic) bond motifs is 1. The summed E-state index contributed by atoms with van der Waals surface area (Å²) in [6, 6.07) is 20.4. The summed E-state index contributed by atoms with van der Waals surface area (Å²) in [5.74, 6) is -0.625. The number of piperidine rings is 1. The predicted octanol–water partition coefficient (Wildman–Crippen LogP) is 4.51. The van der Waals surface area contributed by atoms with E-state index in [2.05, 4.69) is 30.3 Å². The maximum Gasteiger partial charge on any atom is 0.360 e. The van der Waals surface area contributed by atoms with Crippen LogP contribution in [0.1, 0.15) is 46.4 Å². The molecule has 2 aliphatic rings. The number of anilines is 2. The number of imidazole rings is 1. The molecule has 2 heterocycles. The van der Waals surface area contributed by atoms with Crippen LogP contribution < -0.4 is 15.1 Å². The van der Waals surface area contributed by atoms with E-state index in [1.54, 1.807) is 18.5 Å². The zero-order valence-electron chi connectivity index (χ0n) is 21.3. The Morgan fingerprint density at radius 1 is 0.897 bits per heavy atom. The van der Waals surface area contributed by atoms with Gasteiger partial charge in [-0.25, -0.2) is 4.98 Å². The number of nitrogens with one attached hydrogen (secondary N) is 1. The Balaban J connectivity index is 1.12. The normalized spacial score (nSPS) is 15.6. The van der Waals surface area contributed by atoms with Crippen molar-refractivity contribution in [1.82, 2.24) is 14.5 Å². The molecule has 1 saturated heterocycles. The fourth-order valence-electron chi connectivity index (χ4n) is 4.60. The van der Waals surface area contributed by atoms with Crippen molar-refractivity contribution in [2.75, 3.05) is 23.3 Å². The van der Waals surface area contributed by atoms with Gasteiger partial charge < -0.3 is 15.3 Å². The molecule has 3 aromatic carbocycles. The highest BCUT2D eigenvalue weighted by Crippen LogP contribution is 2.24. The first-order chi connectivity index (χ1) is 19.0. The number of aliphatic hydroxyl groups is 1. The molecule has 196 valence electrons. The standard InChI is InChI=1S/C29H27N7O3/c37-25-13-15-35(16-14-25)23-8-1-19(2-9-23)28(38)31-22-7-12-27-26(17-22)30-18-36(27)24-10-3-20(4-11-24)29(39)33-34-32-21-5-6-21/h1-4,7-12,17-18,21,25,37H,5-6,13-16H2/p+1. The Hall–Kier alpha value is -4.66. The molecule has 0 spiro atoms. The number of aromatic nitrogens is 2. The number of amides is 2. The number of hydrogen-bond acceptors (Lipinski definition) is 6. The van der Waals surface area contributed by atoms with E-state index in [0.717, 1.165) is 61.2 Å². The van der Waals surface area contributed by atoms with E-state index in [-0.39, 0.29) is 18.1 Å². The van der Waals surface area contributed by atoms with Gasteiger partial charge in [-0.05, 0) is 92.4 Å². The van der Waals surface area contributed by atoms with Crippen LogP contribution in [0.2, 0.25) is 0 Å². The molecule has 2 amide bonds. The number of rotatable bonds is 6. The maximum absolute atomic E-state index is 12.9. The number of hydrogen-bond donors (Lipinski definition) is 2. The average Bonchev–Trinajstić information content (AvgIpc) is 3.70. The molecule has 2 fully saturated rings. The highest BCUT2D eigenvalue weighted by molar-refractivity contribution is 6.05. The van der Waals surface area contributed by atoms with E-state index in [4.69, 9.17) is 0 Å². The Labute approximate surface area is 224 Å². The fraction of sp³-hybridized carbons (Fsp3) is 0.276. The average molecular weight is 523 g/mol. The van der Waals surface area contributed by atoms with Crippen molar-refractivity contribution in [2.45, 2.75) is 37.8 Å². The second kappa shape index (κ2) is 10.6. The summed E-state index contributed by atoms with van der Waals surface area (Å²) >= 11 is 0. The SMILES string of the molecule is O=C(N=[N+]=NC1CC1)c1ccc(-n2cnc3cc(NC(=O)c4ccc(N5CCC(O)CC5)cc4)ccc32)cc1. The van der Waals surface area contributed by atoms with Gasteiger partial charge in [0, 0.05) is 41.3 Å². The van der Waals surface area contributed by atoms with Crippen molar-refractivity contribution in [3.63, 3.8) is 0 Å². The largest absolute Gasteiger partial charge is 0.393 e. The van der Waals surface area contributed by atoms with E-state index in [1.165, 1.54) is 0 Å². The third kappa shape index (κ3) is 5.62. The summed E-state index contributed by atoms with van der Waals surface area (Å²) in [4.78, 5) is 35.4. The minimum Gasteiger partial charge on any atom is -0.393 e. The molecule has 0 atom stereocenters. The molecule has 6 rings (SSSR count). The van der Waals surface area contributed by atoms with Gasteiger partial charge in [0.2, 0.25) is 10.0 Å². The number of carbonyl (C=O) groups excluding carboxylic acids is 2. The molecule has 10 nitrogen and oxygen atoms in total. The van der Waals surface area contributed by atoms with Gasteiger partial charge in [-0.15, -0.1) is 0 Å². The number of carbonyl (C=O) groups is 2. The quantitative estimate of drug-likeness (QED) is 0.285. The molecule has 1 saturated carbocycles. The highest BCUT2D eigenvalue weighted by atomic mass is 16.3. The van der Waals surface area contributed by atoms with E-state index < -0.39 is 5.91 Å². The van der Waals surface area contributed by atoms with Crippen molar-refractivity contribution in [3.8, 4) is 5.69 Å². The molecular formula is C29H28N7O3+. The lowest BCUT2D eigenvalue weighted by atomic mass is 10.1. The molecule has 39 heavy (non-hydrogen) atoms. The van der Waals surface area contributed by atoms with Gasteiger partial charge >= 0.3 is 5.91 Å². The monoisotopic (exact) mass is 522 g/mol. The predicted molar refractivity (Wildman–Crippen MR) is 147 cm³/mol. The van der Waals surface area contributed by atoms with Crippen molar-refractivity contribution >= 4 is 34.2 Å². The molecule has 0 bridgehead atoms. The second-order valence-electron chi connectivity index (χ2n) is 9.93. The van der Waals surface area contributed by atoms with Gasteiger partial charge in [0.05, 0.1) is 17.1 Å². The Morgan fingerprint density at radius 2 is 1.59 bits per heavy atom. The second-order valence-corrected chi connectivity index (χ2v) is 9.93. The van der Waals surface area contributed by atoms with Crippen LogP contribution in [0.3, 0.4) is 0 Å². The van der Waals surface area contributed by atoms with Crippen LogP contribution in [0, 0.1) is 0 Å². The van der Waals surface area contributed by atoms with Gasteiger partial charge in [-0.1, -0.05) is 0 Å². The van der Waals surface area contributed by atoms with Crippen LogP contribution in [0.15, 0.2) is 83.3 Å². The van der Waals surface area contributed by atoms with Crippen LogP contribution in [-0.4, -0.2) is 51.7 Å². The zero-order valence-corrected chi connectivity index (χ0v) is 21.3. The summed E-state index contributed by atoms with van der Waals surface area (Å²) in [5, 5.41) is 20.3. The van der Waals surface area contributed by atoms with Crippen molar-refractivity contribution in [3.05, 3.63) is 84.2 Å². The van der Waals surface area contributed by atoms with Crippen molar-refractivity contribution in [2.24, 2.45) is 10.2 Å². The molecule has 1 aliphatic carbocycles. The summed E-state index contributed by atoms with van der Waals surface area (Å²) in [6.45, 7) is 1.62. The topological polar surface area (TPSA) is 126 Å². The van der Waals surface area contributed by atoms with Crippen LogP contribution in [0.25, 0.3) is 16.7 Å². The van der Waals surface area contributed by atoms with Crippen LogP contribution in [0.5, 0.6) is 0 Å². The molecule has 1 aliphatic heterocycles. The lowest BCUT2D eigenvalue weighted by molar-refractivity contribution is 0.0990. The minimum absolute atomic E-state index is 0.197. The zero-order chi connectivity index (χ0) is 26.8. The van der Waals surface area contributed by atoms with Gasteiger partial charge in [0.15, 0.2) is 0 Å². The van der Waals surface area contributed by atoms with Gasteiger partial charge in [-0.2, -0.15) is 0 Å². The summed E-state index contributed by atoms with van der Waals surface area (Å²) in [5.41, 5.74) is 5.14. The van der Waals surface area contributed by atoms with Crippen molar-refractivity contribution in [1.29, 1.82) is 0 Å². The molecule has 0 radical (unpaired) electrons. The maximum atomic E-state index is 12.9. The third-order valence-electron chi connectivity index (χ3n) is 7.05. The Kier molecular flexibility index (Phi) is 6.71. The summed E-state index contributed by atoms with van der Waals surface area (Å²) in [6.07, 6.45) is 5.02. The number of benzene rings is 3. The first-order valence-corrected chi connectivity index (χ1v) is 13.1. The molecule has 4 aromatic rings. The van der Waals surface area contributed by atoms with E-state index in [1.807, 2.05) is 59.2 Å². The smallest absolute Gasteiger partial charge is 0.360 e. The lowest BCUT2D eigenvalue weighted by Crippen LogP contribution is -2.35. The van der Waals surface area contributed by atoms with Crippen molar-refractivity contribution < 1.29 is 14.7 Å². The minimum atomic E-state index is -0.428. The van der Waals surface area contributed by atoms with Crippen LogP contribution in [0.4, 0.5) is 11.4 Å². The Morgan fingerprint density at radius 3 is 2.31 bits per heavy atom. The van der Waals surface area contributed by atoms with Crippen LogP contribution in [-0.2, 0) is 0 Å². The van der Waals surface area contributed by atoms with Gasteiger partial charge in [0.1, 0.15) is 17.5 Å². The lowest BCUT2D eigenvalue weighted by Gasteiger charge is -2.31. The summed E-state index contributed by atoms with van der Waals surface area (Å²) < 4.78 is 1.91.